The van der Waals surface area contributed by atoms with Crippen LogP contribution in [0.4, 0.5) is 13.2 Å². The minimum Gasteiger partial charge on any atom is -0.344 e. The first-order chi connectivity index (χ1) is 20.9. The van der Waals surface area contributed by atoms with Crippen LogP contribution in [0.5, 0.6) is 0 Å². The first kappa shape index (κ1) is 35.6. The number of hydrogen-bond donors (Lipinski definition) is 1. The molecule has 1 fully saturated rings. The lowest BCUT2D eigenvalue weighted by atomic mass is 10.0. The Labute approximate surface area is 271 Å². The molecule has 0 aliphatic carbocycles. The Bertz CT molecular complexity index is 1450. The molecule has 45 heavy (non-hydrogen) atoms. The zero-order valence-electron chi connectivity index (χ0n) is 26.1. The summed E-state index contributed by atoms with van der Waals surface area (Å²) in [4.78, 5) is 37.3. The van der Waals surface area contributed by atoms with E-state index in [0.29, 0.717) is 55.2 Å². The highest BCUT2D eigenvalue weighted by atomic mass is 35.5. The molecule has 244 valence electrons. The minimum atomic E-state index is -4.42. The largest absolute Gasteiger partial charge is 0.416 e. The normalized spacial score (nSPS) is 14.9. The van der Waals surface area contributed by atoms with E-state index in [1.165, 1.54) is 0 Å². The summed E-state index contributed by atoms with van der Waals surface area (Å²) in [5.41, 5.74) is 1.78. The predicted molar refractivity (Wildman–Crippen MR) is 176 cm³/mol. The van der Waals surface area contributed by atoms with Gasteiger partial charge < -0.3 is 9.80 Å². The van der Waals surface area contributed by atoms with Gasteiger partial charge in [0.2, 0.25) is 11.9 Å². The van der Waals surface area contributed by atoms with E-state index >= 15 is 0 Å². The van der Waals surface area contributed by atoms with E-state index in [-0.39, 0.29) is 38.2 Å². The van der Waals surface area contributed by atoms with E-state index in [2.05, 4.69) is 15.2 Å². The molecule has 0 radical (unpaired) electrons. The second-order valence-electron chi connectivity index (χ2n) is 11.4. The van der Waals surface area contributed by atoms with Crippen LogP contribution in [-0.2, 0) is 17.4 Å². The summed E-state index contributed by atoms with van der Waals surface area (Å²) in [5.74, 6) is 0.147. The monoisotopic (exact) mass is 645 g/mol. The molecule has 0 bridgehead atoms. The third-order valence-electron chi connectivity index (χ3n) is 7.55. The molecule has 0 spiro atoms. The molecule has 0 aromatic heterocycles. The molecule has 1 saturated heterocycles. The van der Waals surface area contributed by atoms with Crippen molar-refractivity contribution in [3.05, 3.63) is 107 Å². The van der Waals surface area contributed by atoms with E-state index in [1.54, 1.807) is 37.1 Å². The molecule has 0 saturated carbocycles. The highest BCUT2D eigenvalue weighted by Gasteiger charge is 2.34. The number of nitrogens with zero attached hydrogens (tertiary/aromatic N) is 4. The molecule has 11 heteroatoms. The van der Waals surface area contributed by atoms with Gasteiger partial charge >= 0.3 is 6.18 Å². The Morgan fingerprint density at radius 1 is 0.956 bits per heavy atom. The van der Waals surface area contributed by atoms with Crippen LogP contribution in [0.1, 0.15) is 53.9 Å². The predicted octanol–water partition coefficient (Wildman–Crippen LogP) is 6.24. The number of benzene rings is 3. The van der Waals surface area contributed by atoms with Crippen molar-refractivity contribution in [2.75, 3.05) is 39.8 Å². The summed E-state index contributed by atoms with van der Waals surface area (Å²) in [6, 6.07) is 21.9. The molecular weight excluding hydrogens is 603 g/mol. The summed E-state index contributed by atoms with van der Waals surface area (Å²) >= 11 is 0. The van der Waals surface area contributed by atoms with Gasteiger partial charge in [-0.1, -0.05) is 60.2 Å². The molecule has 7 nitrogen and oxygen atoms in total. The number of carbonyl (C=O) groups is 2. The maximum atomic E-state index is 13.9. The van der Waals surface area contributed by atoms with Gasteiger partial charge in [0.1, 0.15) is 6.04 Å². The maximum Gasteiger partial charge on any atom is 0.416 e. The Morgan fingerprint density at radius 3 is 2.13 bits per heavy atom. The van der Waals surface area contributed by atoms with Crippen molar-refractivity contribution in [1.29, 1.82) is 0 Å². The number of amides is 2. The van der Waals surface area contributed by atoms with Crippen LogP contribution in [0.25, 0.3) is 0 Å². The smallest absolute Gasteiger partial charge is 0.344 e. The van der Waals surface area contributed by atoms with Crippen molar-refractivity contribution in [1.82, 2.24) is 20.0 Å². The van der Waals surface area contributed by atoms with Gasteiger partial charge in [0.15, 0.2) is 0 Å². The second kappa shape index (κ2) is 15.9. The molecular formula is C34H43ClF3N5O2. The van der Waals surface area contributed by atoms with Gasteiger partial charge in [-0.3, -0.25) is 19.8 Å². The van der Waals surface area contributed by atoms with Gasteiger partial charge in [0.25, 0.3) is 5.91 Å². The first-order valence-electron chi connectivity index (χ1n) is 14.8. The lowest BCUT2D eigenvalue weighted by Gasteiger charge is -2.41. The SMILES string of the molecule is Cc1cc(CCN(C)C(=O)C(c2ccccc2)N2CCN(C(=NC(C)C)NC(=O)c3ccccc3)CC2)cc(C(F)(F)F)c1.Cl.[HH]. The standard InChI is InChI=1S/C34H40F3N5O2.ClH.H2/c1-24(2)38-33(39-31(43)28-13-9-6-10-14-28)42-19-17-41(18-20-42)30(27-11-7-5-8-12-27)32(44)40(4)16-15-26-21-25(3)22-29(23-26)34(35,36)37;;/h5-14,21-24,30H,15-20H2,1-4H3,(H,38,39,43);2*1H. The van der Waals surface area contributed by atoms with E-state index < -0.39 is 17.8 Å². The molecule has 3 aromatic rings. The molecule has 1 atom stereocenters. The van der Waals surface area contributed by atoms with Gasteiger partial charge in [0, 0.05) is 52.8 Å². The van der Waals surface area contributed by atoms with Crippen LogP contribution in [0, 0.1) is 6.92 Å². The summed E-state index contributed by atoms with van der Waals surface area (Å²) in [5, 5.41) is 2.97. The van der Waals surface area contributed by atoms with Crippen LogP contribution in [-0.4, -0.2) is 78.3 Å². The van der Waals surface area contributed by atoms with Crippen molar-refractivity contribution in [3.63, 3.8) is 0 Å². The molecule has 1 N–H and O–H groups in total. The summed E-state index contributed by atoms with van der Waals surface area (Å²) < 4.78 is 40.1. The zero-order chi connectivity index (χ0) is 31.9. The highest BCUT2D eigenvalue weighted by Crippen LogP contribution is 2.31. The number of halogens is 4. The highest BCUT2D eigenvalue weighted by molar-refractivity contribution is 6.05. The van der Waals surface area contributed by atoms with Crippen LogP contribution in [0.3, 0.4) is 0 Å². The van der Waals surface area contributed by atoms with Crippen molar-refractivity contribution < 1.29 is 24.2 Å². The van der Waals surface area contributed by atoms with Gasteiger partial charge in [-0.2, -0.15) is 13.2 Å². The number of alkyl halides is 3. The molecule has 3 aromatic carbocycles. The molecule has 1 unspecified atom stereocenters. The van der Waals surface area contributed by atoms with Crippen molar-refractivity contribution in [2.24, 2.45) is 4.99 Å². The van der Waals surface area contributed by atoms with Gasteiger partial charge in [-0.15, -0.1) is 12.4 Å². The second-order valence-corrected chi connectivity index (χ2v) is 11.4. The number of piperazine rings is 1. The number of likely N-dealkylation sites (N-methyl/N-ethyl adjacent to an activating group) is 1. The van der Waals surface area contributed by atoms with E-state index in [1.807, 2.05) is 67.3 Å². The third kappa shape index (κ3) is 9.80. The Balaban J connectivity index is 0.00000368. The van der Waals surface area contributed by atoms with Crippen LogP contribution in [0.2, 0.25) is 0 Å². The number of guanidine groups is 1. The summed E-state index contributed by atoms with van der Waals surface area (Å²) in [6.45, 7) is 8.00. The van der Waals surface area contributed by atoms with Gasteiger partial charge in [0.05, 0.1) is 5.56 Å². The van der Waals surface area contributed by atoms with Crippen LogP contribution >= 0.6 is 12.4 Å². The fraction of sp³-hybridized carbons (Fsp3) is 0.382. The fourth-order valence-corrected chi connectivity index (χ4v) is 5.32. The molecule has 4 rings (SSSR count). The molecule has 1 aliphatic rings. The lowest BCUT2D eigenvalue weighted by molar-refractivity contribution is -0.138. The maximum absolute atomic E-state index is 13.9. The summed E-state index contributed by atoms with van der Waals surface area (Å²) in [6.07, 6.45) is -4.12. The molecule has 1 heterocycles. The fourth-order valence-electron chi connectivity index (χ4n) is 5.32. The zero-order valence-corrected chi connectivity index (χ0v) is 26.9. The Hall–Kier alpha value is -3.89. The average Bonchev–Trinajstić information content (AvgIpc) is 3.00. The molecule has 2 amide bonds. The number of rotatable bonds is 8. The number of carbonyl (C=O) groups excluding carboxylic acids is 2. The van der Waals surface area contributed by atoms with Gasteiger partial charge in [-0.25, -0.2) is 4.99 Å². The number of nitrogens with one attached hydrogen (secondary N) is 1. The van der Waals surface area contributed by atoms with E-state index in [9.17, 15) is 22.8 Å². The minimum absolute atomic E-state index is 0. The van der Waals surface area contributed by atoms with E-state index in [4.69, 9.17) is 0 Å². The van der Waals surface area contributed by atoms with Gasteiger partial charge in [-0.05, 0) is 62.6 Å². The van der Waals surface area contributed by atoms with Crippen LogP contribution < -0.4 is 5.32 Å². The number of hydrogen-bond acceptors (Lipinski definition) is 4. The topological polar surface area (TPSA) is 68.2 Å². The number of aliphatic imine (C=N–C) groups is 1. The molecule has 1 aliphatic heterocycles. The lowest BCUT2D eigenvalue weighted by Crippen LogP contribution is -2.56. The van der Waals surface area contributed by atoms with Crippen molar-refractivity contribution in [3.8, 4) is 0 Å². The van der Waals surface area contributed by atoms with Crippen molar-refractivity contribution in [2.45, 2.75) is 45.5 Å². The average molecular weight is 646 g/mol. The Morgan fingerprint density at radius 2 is 1.56 bits per heavy atom. The summed E-state index contributed by atoms with van der Waals surface area (Å²) in [7, 11) is 1.70. The number of aryl methyl sites for hydroxylation is 1. The van der Waals surface area contributed by atoms with Crippen LogP contribution in [0.15, 0.2) is 83.9 Å². The van der Waals surface area contributed by atoms with Crippen molar-refractivity contribution >= 4 is 30.2 Å². The Kier molecular flexibility index (Phi) is 12.6. The third-order valence-corrected chi connectivity index (χ3v) is 7.55. The van der Waals surface area contributed by atoms with E-state index in [0.717, 1.165) is 17.7 Å². The quantitative estimate of drug-likeness (QED) is 0.233. The first-order valence-corrected chi connectivity index (χ1v) is 14.8.